The van der Waals surface area contributed by atoms with Crippen molar-refractivity contribution in [3.8, 4) is 0 Å². The zero-order valence-electron chi connectivity index (χ0n) is 15.1. The summed E-state index contributed by atoms with van der Waals surface area (Å²) in [5.74, 6) is 0. The van der Waals surface area contributed by atoms with Crippen LogP contribution in [-0.4, -0.2) is 0 Å². The Balaban J connectivity index is 2.36. The maximum absolute atomic E-state index is 2.41. The zero-order valence-corrected chi connectivity index (χ0v) is 15.1. The zero-order chi connectivity index (χ0) is 16.4. The highest BCUT2D eigenvalue weighted by atomic mass is 14.0. The molecule has 22 heavy (non-hydrogen) atoms. The van der Waals surface area contributed by atoms with E-state index in [1.165, 1.54) is 47.1 Å². The predicted octanol–water partition coefficient (Wildman–Crippen LogP) is 6.96. The molecule has 1 aromatic rings. The van der Waals surface area contributed by atoms with Crippen LogP contribution in [-0.2, 0) is 6.42 Å². The Labute approximate surface area is 137 Å². The molecule has 0 spiro atoms. The molecule has 0 heterocycles. The van der Waals surface area contributed by atoms with Gasteiger partial charge in [0.1, 0.15) is 0 Å². The average molecular weight is 296 g/mol. The molecule has 0 unspecified atom stereocenters. The average Bonchev–Trinajstić information content (AvgIpc) is 2.46. The monoisotopic (exact) mass is 296 g/mol. The largest absolute Gasteiger partial charge is 0.0856 e. The summed E-state index contributed by atoms with van der Waals surface area (Å²) in [6.07, 6.45) is 12.9. The van der Waals surface area contributed by atoms with Gasteiger partial charge < -0.3 is 0 Å². The van der Waals surface area contributed by atoms with Crippen molar-refractivity contribution >= 4 is 0 Å². The second kappa shape index (κ2) is 10.2. The summed E-state index contributed by atoms with van der Waals surface area (Å²) in [5, 5.41) is 0. The lowest BCUT2D eigenvalue weighted by molar-refractivity contribution is 0.914. The highest BCUT2D eigenvalue weighted by Crippen LogP contribution is 2.13. The quantitative estimate of drug-likeness (QED) is 0.455. The predicted molar refractivity (Wildman–Crippen MR) is 100 cm³/mol. The number of aryl methyl sites for hydroxylation is 1. The number of rotatable bonds is 8. The number of benzene rings is 1. The van der Waals surface area contributed by atoms with E-state index in [9.17, 15) is 0 Å². The van der Waals surface area contributed by atoms with Crippen molar-refractivity contribution in [2.75, 3.05) is 0 Å². The minimum atomic E-state index is 1.06. The van der Waals surface area contributed by atoms with Crippen molar-refractivity contribution in [3.63, 3.8) is 0 Å². The molecule has 120 valence electrons. The van der Waals surface area contributed by atoms with E-state index in [1.54, 1.807) is 0 Å². The molecule has 0 bridgehead atoms. The van der Waals surface area contributed by atoms with Crippen molar-refractivity contribution < 1.29 is 0 Å². The topological polar surface area (TPSA) is 0 Å². The summed E-state index contributed by atoms with van der Waals surface area (Å²) < 4.78 is 0. The van der Waals surface area contributed by atoms with Crippen molar-refractivity contribution in [2.24, 2.45) is 0 Å². The molecule has 0 aliphatic rings. The minimum absolute atomic E-state index is 1.06. The van der Waals surface area contributed by atoms with Crippen molar-refractivity contribution in [1.29, 1.82) is 0 Å². The second-order valence-corrected chi connectivity index (χ2v) is 6.59. The third-order valence-electron chi connectivity index (χ3n) is 4.05. The Morgan fingerprint density at radius 3 is 2.05 bits per heavy atom. The molecule has 0 aliphatic heterocycles. The van der Waals surface area contributed by atoms with E-state index in [0.29, 0.717) is 0 Å². The van der Waals surface area contributed by atoms with E-state index < -0.39 is 0 Å². The van der Waals surface area contributed by atoms with Gasteiger partial charge in [0.2, 0.25) is 0 Å². The van der Waals surface area contributed by atoms with Gasteiger partial charge in [-0.3, -0.25) is 0 Å². The first kappa shape index (κ1) is 18.5. The molecule has 0 radical (unpaired) electrons. The number of hydrogen-bond acceptors (Lipinski definition) is 0. The van der Waals surface area contributed by atoms with Crippen molar-refractivity contribution in [3.05, 3.63) is 70.3 Å². The highest BCUT2D eigenvalue weighted by Gasteiger charge is 1.96. The van der Waals surface area contributed by atoms with Gasteiger partial charge in [-0.1, -0.05) is 59.2 Å². The van der Waals surface area contributed by atoms with E-state index in [-0.39, 0.29) is 0 Å². The van der Waals surface area contributed by atoms with E-state index in [0.717, 1.165) is 12.8 Å². The van der Waals surface area contributed by atoms with Crippen LogP contribution < -0.4 is 0 Å². The smallest absolute Gasteiger partial charge is 0.00922 e. The Morgan fingerprint density at radius 1 is 0.818 bits per heavy atom. The van der Waals surface area contributed by atoms with Crippen LogP contribution in [0.5, 0.6) is 0 Å². The molecular formula is C22H32. The molecule has 0 saturated carbocycles. The molecule has 0 atom stereocenters. The van der Waals surface area contributed by atoms with Gasteiger partial charge >= 0.3 is 0 Å². The third kappa shape index (κ3) is 8.02. The third-order valence-corrected chi connectivity index (χ3v) is 4.05. The summed E-state index contributed by atoms with van der Waals surface area (Å²) in [4.78, 5) is 0. The van der Waals surface area contributed by atoms with E-state index in [4.69, 9.17) is 0 Å². The minimum Gasteiger partial charge on any atom is -0.0856 e. The molecule has 0 nitrogen and oxygen atoms in total. The van der Waals surface area contributed by atoms with Gasteiger partial charge in [0.15, 0.2) is 0 Å². The summed E-state index contributed by atoms with van der Waals surface area (Å²) in [6.45, 7) is 11.0. The molecule has 0 heteroatoms. The van der Waals surface area contributed by atoms with E-state index in [1.807, 2.05) is 0 Å². The van der Waals surface area contributed by atoms with Crippen LogP contribution in [0.3, 0.4) is 0 Å². The van der Waals surface area contributed by atoms with Gasteiger partial charge in [0.25, 0.3) is 0 Å². The first-order chi connectivity index (χ1) is 10.5. The number of allylic oxidation sites excluding steroid dienone is 6. The number of hydrogen-bond donors (Lipinski definition) is 0. The molecular weight excluding hydrogens is 264 g/mol. The summed E-state index contributed by atoms with van der Waals surface area (Å²) >= 11 is 0. The van der Waals surface area contributed by atoms with Crippen molar-refractivity contribution in [1.82, 2.24) is 0 Å². The van der Waals surface area contributed by atoms with Crippen LogP contribution in [0, 0.1) is 6.92 Å². The highest BCUT2D eigenvalue weighted by molar-refractivity contribution is 5.28. The van der Waals surface area contributed by atoms with Crippen LogP contribution in [0.1, 0.15) is 64.5 Å². The first-order valence-corrected chi connectivity index (χ1v) is 8.48. The van der Waals surface area contributed by atoms with Crippen LogP contribution in [0.15, 0.2) is 59.2 Å². The first-order valence-electron chi connectivity index (χ1n) is 8.48. The Bertz CT molecular complexity index is 537. The van der Waals surface area contributed by atoms with Crippen LogP contribution in [0.4, 0.5) is 0 Å². The fourth-order valence-corrected chi connectivity index (χ4v) is 2.46. The standard InChI is InChI=1S/C22H32/c1-18(2)10-8-11-19(3)12-9-13-20(4)16-17-22-15-7-6-14-21(22)5/h6-7,10,12,14-16H,8-9,11,13,17H2,1-5H3/b19-12+,20-16+. The van der Waals surface area contributed by atoms with Gasteiger partial charge in [-0.2, -0.15) is 0 Å². The van der Waals surface area contributed by atoms with E-state index >= 15 is 0 Å². The SMILES string of the molecule is CC(C)=CCC/C(C)=C/CC/C(C)=C/Cc1ccccc1C. The van der Waals surface area contributed by atoms with Crippen molar-refractivity contribution in [2.45, 2.75) is 66.7 Å². The van der Waals surface area contributed by atoms with Crippen LogP contribution >= 0.6 is 0 Å². The summed E-state index contributed by atoms with van der Waals surface area (Å²) in [5.41, 5.74) is 7.26. The summed E-state index contributed by atoms with van der Waals surface area (Å²) in [7, 11) is 0. The van der Waals surface area contributed by atoms with Crippen LogP contribution in [0.2, 0.25) is 0 Å². The Kier molecular flexibility index (Phi) is 8.58. The molecule has 0 aromatic heterocycles. The molecule has 0 fully saturated rings. The fraction of sp³-hybridized carbons (Fsp3) is 0.455. The maximum atomic E-state index is 2.41. The lowest BCUT2D eigenvalue weighted by Crippen LogP contribution is -1.87. The molecule has 0 saturated heterocycles. The molecule has 0 amide bonds. The Hall–Kier alpha value is -1.56. The fourth-order valence-electron chi connectivity index (χ4n) is 2.46. The summed E-state index contributed by atoms with van der Waals surface area (Å²) in [6, 6.07) is 8.66. The molecule has 1 rings (SSSR count). The van der Waals surface area contributed by atoms with Crippen LogP contribution in [0.25, 0.3) is 0 Å². The van der Waals surface area contributed by atoms with Gasteiger partial charge in [-0.25, -0.2) is 0 Å². The lowest BCUT2D eigenvalue weighted by atomic mass is 10.0. The van der Waals surface area contributed by atoms with Gasteiger partial charge in [-0.05, 0) is 77.8 Å². The van der Waals surface area contributed by atoms with E-state index in [2.05, 4.69) is 77.1 Å². The molecule has 0 aliphatic carbocycles. The molecule has 1 aromatic carbocycles. The normalized spacial score (nSPS) is 12.4. The maximum Gasteiger partial charge on any atom is -0.00922 e. The second-order valence-electron chi connectivity index (χ2n) is 6.59. The molecule has 0 N–H and O–H groups in total. The van der Waals surface area contributed by atoms with Gasteiger partial charge in [0, 0.05) is 0 Å². The Morgan fingerprint density at radius 2 is 1.41 bits per heavy atom. The lowest BCUT2D eigenvalue weighted by Gasteiger charge is -2.04. The van der Waals surface area contributed by atoms with Gasteiger partial charge in [0.05, 0.1) is 0 Å². The van der Waals surface area contributed by atoms with Gasteiger partial charge in [-0.15, -0.1) is 0 Å².